The van der Waals surface area contributed by atoms with Crippen molar-refractivity contribution >= 4 is 11.7 Å². The predicted octanol–water partition coefficient (Wildman–Crippen LogP) is 4.02. The predicted molar refractivity (Wildman–Crippen MR) is 110 cm³/mol. The highest BCUT2D eigenvalue weighted by molar-refractivity contribution is 5.81. The van der Waals surface area contributed by atoms with Crippen LogP contribution in [-0.2, 0) is 10.2 Å². The van der Waals surface area contributed by atoms with E-state index in [1.165, 1.54) is 5.69 Å². The summed E-state index contributed by atoms with van der Waals surface area (Å²) < 4.78 is 0. The first kappa shape index (κ1) is 19.4. The van der Waals surface area contributed by atoms with E-state index in [4.69, 9.17) is 0 Å². The fourth-order valence-corrected chi connectivity index (χ4v) is 4.14. The minimum Gasteiger partial charge on any atom is -0.481 e. The molecule has 2 aromatic carbocycles. The van der Waals surface area contributed by atoms with Gasteiger partial charge in [-0.3, -0.25) is 9.69 Å². The van der Waals surface area contributed by atoms with E-state index in [9.17, 15) is 9.90 Å². The number of aliphatic carboxylic acids is 1. The number of carbonyl (C=O) groups is 1. The van der Waals surface area contributed by atoms with E-state index >= 15 is 0 Å². The van der Waals surface area contributed by atoms with Crippen LogP contribution in [0.15, 0.2) is 60.7 Å². The molecule has 0 bridgehead atoms. The Balaban J connectivity index is 1.53. The molecule has 0 radical (unpaired) electrons. The molecule has 4 heteroatoms. The Labute approximate surface area is 162 Å². The maximum Gasteiger partial charge on any atom is 0.314 e. The smallest absolute Gasteiger partial charge is 0.314 e. The van der Waals surface area contributed by atoms with E-state index in [2.05, 4.69) is 40.1 Å². The van der Waals surface area contributed by atoms with Crippen LogP contribution in [0.1, 0.15) is 31.7 Å². The number of anilines is 1. The van der Waals surface area contributed by atoms with E-state index in [0.717, 1.165) is 44.7 Å². The number of hydrogen-bond donors (Lipinski definition) is 1. The average molecular weight is 367 g/mol. The maximum absolute atomic E-state index is 12.1. The summed E-state index contributed by atoms with van der Waals surface area (Å²) in [4.78, 5) is 17.0. The molecule has 0 aliphatic carbocycles. The number of nitrogens with zero attached hydrogens (tertiary/aromatic N) is 2. The highest BCUT2D eigenvalue weighted by Crippen LogP contribution is 2.33. The summed E-state index contributed by atoms with van der Waals surface area (Å²) in [6, 6.07) is 20.3. The van der Waals surface area contributed by atoms with Crippen LogP contribution in [0.25, 0.3) is 0 Å². The second-order valence-electron chi connectivity index (χ2n) is 7.37. The lowest BCUT2D eigenvalue weighted by atomic mass is 9.74. The second-order valence-corrected chi connectivity index (χ2v) is 7.37. The van der Waals surface area contributed by atoms with Crippen molar-refractivity contribution in [1.29, 1.82) is 0 Å². The number of rotatable bonds is 8. The standard InChI is InChI=1S/C23H30N2O2/c1-2-23(22(26)27,20-10-5-3-6-11-20)14-9-15-24-16-18-25(19-17-24)21-12-7-4-8-13-21/h3-8,10-13H,2,9,14-19H2,1H3,(H,26,27). The minimum absolute atomic E-state index is 0.619. The van der Waals surface area contributed by atoms with Crippen LogP contribution in [0.2, 0.25) is 0 Å². The first-order chi connectivity index (χ1) is 13.2. The molecule has 1 aliphatic heterocycles. The molecule has 3 rings (SSSR count). The Kier molecular flexibility index (Phi) is 6.51. The molecule has 0 amide bonds. The Morgan fingerprint density at radius 2 is 1.56 bits per heavy atom. The second kappa shape index (κ2) is 9.05. The Bertz CT molecular complexity index is 712. The van der Waals surface area contributed by atoms with Crippen molar-refractivity contribution in [1.82, 2.24) is 4.90 Å². The van der Waals surface area contributed by atoms with E-state index in [0.29, 0.717) is 12.8 Å². The summed E-state index contributed by atoms with van der Waals surface area (Å²) >= 11 is 0. The quantitative estimate of drug-likeness (QED) is 0.766. The fourth-order valence-electron chi connectivity index (χ4n) is 4.14. The fraction of sp³-hybridized carbons (Fsp3) is 0.435. The maximum atomic E-state index is 12.1. The van der Waals surface area contributed by atoms with E-state index in [-0.39, 0.29) is 0 Å². The largest absolute Gasteiger partial charge is 0.481 e. The van der Waals surface area contributed by atoms with Crippen molar-refractivity contribution < 1.29 is 9.90 Å². The number of hydrogen-bond acceptors (Lipinski definition) is 3. The van der Waals surface area contributed by atoms with Crippen LogP contribution in [-0.4, -0.2) is 48.7 Å². The van der Waals surface area contributed by atoms with Gasteiger partial charge in [0.25, 0.3) is 0 Å². The number of piperazine rings is 1. The number of benzene rings is 2. The normalized spacial score (nSPS) is 17.4. The van der Waals surface area contributed by atoms with Crippen LogP contribution in [0.5, 0.6) is 0 Å². The van der Waals surface area contributed by atoms with Crippen molar-refractivity contribution in [2.24, 2.45) is 0 Å². The lowest BCUT2D eigenvalue weighted by Crippen LogP contribution is -2.47. The van der Waals surface area contributed by atoms with Gasteiger partial charge in [0.05, 0.1) is 5.41 Å². The molecule has 1 N–H and O–H groups in total. The molecular weight excluding hydrogens is 336 g/mol. The third kappa shape index (κ3) is 4.51. The van der Waals surface area contributed by atoms with Crippen molar-refractivity contribution in [3.8, 4) is 0 Å². The third-order valence-electron chi connectivity index (χ3n) is 5.91. The summed E-state index contributed by atoms with van der Waals surface area (Å²) in [5.74, 6) is -0.704. The van der Waals surface area contributed by atoms with Gasteiger partial charge in [-0.05, 0) is 43.5 Å². The molecule has 27 heavy (non-hydrogen) atoms. The van der Waals surface area contributed by atoms with Gasteiger partial charge in [-0.15, -0.1) is 0 Å². The topological polar surface area (TPSA) is 43.8 Å². The van der Waals surface area contributed by atoms with Gasteiger partial charge in [0, 0.05) is 31.9 Å². The van der Waals surface area contributed by atoms with Crippen molar-refractivity contribution in [3.63, 3.8) is 0 Å². The van der Waals surface area contributed by atoms with Gasteiger partial charge < -0.3 is 10.0 Å². The van der Waals surface area contributed by atoms with Crippen LogP contribution < -0.4 is 4.90 Å². The zero-order valence-corrected chi connectivity index (χ0v) is 16.2. The third-order valence-corrected chi connectivity index (χ3v) is 5.91. The van der Waals surface area contributed by atoms with Gasteiger partial charge in [0.1, 0.15) is 0 Å². The zero-order chi connectivity index (χ0) is 19.1. The van der Waals surface area contributed by atoms with Gasteiger partial charge in [-0.25, -0.2) is 0 Å². The monoisotopic (exact) mass is 366 g/mol. The Hall–Kier alpha value is -2.33. The van der Waals surface area contributed by atoms with Gasteiger partial charge in [-0.1, -0.05) is 55.5 Å². The Morgan fingerprint density at radius 3 is 2.11 bits per heavy atom. The molecular formula is C23H30N2O2. The summed E-state index contributed by atoms with van der Waals surface area (Å²) in [6.45, 7) is 7.07. The Morgan fingerprint density at radius 1 is 0.963 bits per heavy atom. The molecule has 4 nitrogen and oxygen atoms in total. The molecule has 1 unspecified atom stereocenters. The summed E-state index contributed by atoms with van der Waals surface area (Å²) in [6.07, 6.45) is 2.20. The molecule has 0 saturated carbocycles. The summed E-state index contributed by atoms with van der Waals surface area (Å²) in [5.41, 5.74) is 1.44. The first-order valence-corrected chi connectivity index (χ1v) is 9.97. The summed E-state index contributed by atoms with van der Waals surface area (Å²) in [7, 11) is 0. The molecule has 2 aromatic rings. The van der Waals surface area contributed by atoms with Crippen LogP contribution in [0.3, 0.4) is 0 Å². The van der Waals surface area contributed by atoms with Gasteiger partial charge in [0.15, 0.2) is 0 Å². The molecule has 144 valence electrons. The molecule has 0 spiro atoms. The lowest BCUT2D eigenvalue weighted by molar-refractivity contribution is -0.144. The molecule has 0 aromatic heterocycles. The molecule has 1 saturated heterocycles. The average Bonchev–Trinajstić information content (AvgIpc) is 2.73. The molecule has 1 aliphatic rings. The summed E-state index contributed by atoms with van der Waals surface area (Å²) in [5, 5.41) is 9.95. The number of carboxylic acid groups (broad SMARTS) is 1. The van der Waals surface area contributed by atoms with Gasteiger partial charge >= 0.3 is 5.97 Å². The molecule has 1 fully saturated rings. The van der Waals surface area contributed by atoms with Crippen LogP contribution in [0.4, 0.5) is 5.69 Å². The van der Waals surface area contributed by atoms with E-state index in [1.807, 2.05) is 37.3 Å². The molecule has 1 atom stereocenters. The van der Waals surface area contributed by atoms with Crippen LogP contribution in [0, 0.1) is 0 Å². The van der Waals surface area contributed by atoms with Crippen molar-refractivity contribution in [2.45, 2.75) is 31.6 Å². The minimum atomic E-state index is -0.771. The number of para-hydroxylation sites is 1. The van der Waals surface area contributed by atoms with Crippen molar-refractivity contribution in [2.75, 3.05) is 37.6 Å². The number of carboxylic acids is 1. The van der Waals surface area contributed by atoms with Gasteiger partial charge in [-0.2, -0.15) is 0 Å². The highest BCUT2D eigenvalue weighted by atomic mass is 16.4. The lowest BCUT2D eigenvalue weighted by Gasteiger charge is -2.37. The van der Waals surface area contributed by atoms with Gasteiger partial charge in [0.2, 0.25) is 0 Å². The molecule has 1 heterocycles. The van der Waals surface area contributed by atoms with E-state index < -0.39 is 11.4 Å². The highest BCUT2D eigenvalue weighted by Gasteiger charge is 2.38. The SMILES string of the molecule is CCC(CCCN1CCN(c2ccccc2)CC1)(C(=O)O)c1ccccc1. The zero-order valence-electron chi connectivity index (χ0n) is 16.2. The van der Waals surface area contributed by atoms with E-state index in [1.54, 1.807) is 0 Å². The first-order valence-electron chi connectivity index (χ1n) is 9.97. The van der Waals surface area contributed by atoms with Crippen molar-refractivity contribution in [3.05, 3.63) is 66.2 Å². The van der Waals surface area contributed by atoms with Crippen LogP contribution >= 0.6 is 0 Å².